The van der Waals surface area contributed by atoms with E-state index < -0.39 is 0 Å². The maximum absolute atomic E-state index is 9.09. The molecule has 0 spiro atoms. The smallest absolute Gasteiger partial charge is 0.246 e. The average Bonchev–Trinajstić information content (AvgIpc) is 3.32. The number of fused-ring (bicyclic) bond motifs is 2. The van der Waals surface area contributed by atoms with Crippen LogP contribution in [0.15, 0.2) is 84.1 Å². The number of nitrogens with zero attached hydrogens (tertiary/aromatic N) is 6. The lowest BCUT2D eigenvalue weighted by Crippen LogP contribution is -2.37. The molecule has 1 fully saturated rings. The first-order valence-corrected chi connectivity index (χ1v) is 13.2. The van der Waals surface area contributed by atoms with Crippen LogP contribution in [-0.2, 0) is 6.54 Å². The molecule has 0 atom stereocenters. The Morgan fingerprint density at radius 3 is 2.51 bits per heavy atom. The molecule has 2 N–H and O–H groups in total. The Bertz CT molecular complexity index is 1670. The topological polar surface area (TPSA) is 94.2 Å². The van der Waals surface area contributed by atoms with Crippen molar-refractivity contribution in [2.75, 3.05) is 30.9 Å². The molecule has 0 radical (unpaired) electrons. The predicted molar refractivity (Wildman–Crippen MR) is 157 cm³/mol. The SMILES string of the molecule is CN1CCC(Nc2nc(N/N=C/c3cn(Cc4ccc(C#N)cc4)c4ccccc34)nc3ccccc23)CC1. The van der Waals surface area contributed by atoms with E-state index in [1.54, 1.807) is 0 Å². The molecule has 39 heavy (non-hydrogen) atoms. The minimum Gasteiger partial charge on any atom is -0.367 e. The van der Waals surface area contributed by atoms with Crippen molar-refractivity contribution in [2.45, 2.75) is 25.4 Å². The van der Waals surface area contributed by atoms with Crippen LogP contribution in [-0.4, -0.2) is 51.8 Å². The van der Waals surface area contributed by atoms with Gasteiger partial charge in [0.25, 0.3) is 0 Å². The zero-order chi connectivity index (χ0) is 26.6. The maximum atomic E-state index is 9.09. The van der Waals surface area contributed by atoms with Crippen molar-refractivity contribution in [1.29, 1.82) is 5.26 Å². The van der Waals surface area contributed by atoms with Crippen LogP contribution in [0.2, 0.25) is 0 Å². The third kappa shape index (κ3) is 5.44. The van der Waals surface area contributed by atoms with Crippen LogP contribution in [0.3, 0.4) is 0 Å². The van der Waals surface area contributed by atoms with Crippen molar-refractivity contribution in [3.05, 3.63) is 95.7 Å². The number of nitriles is 1. The fraction of sp³-hybridized carbons (Fsp3) is 0.226. The number of piperidine rings is 1. The summed E-state index contributed by atoms with van der Waals surface area (Å²) in [5.41, 5.74) is 7.85. The molecule has 194 valence electrons. The van der Waals surface area contributed by atoms with Gasteiger partial charge in [0.2, 0.25) is 5.95 Å². The summed E-state index contributed by atoms with van der Waals surface area (Å²) in [6.07, 6.45) is 6.09. The van der Waals surface area contributed by atoms with Gasteiger partial charge in [0.1, 0.15) is 5.82 Å². The standard InChI is InChI=1S/C31H30N8/c1-38-16-14-25(15-17-38)34-30-27-7-2-4-8-28(27)35-31(36-30)37-33-19-24-21-39(29-9-5-3-6-26(24)29)20-23-12-10-22(18-32)11-13-23/h2-13,19,21,25H,14-17,20H2,1H3,(H2,34,35,36,37)/b33-19+. The van der Waals surface area contributed by atoms with Gasteiger partial charge in [0.15, 0.2) is 0 Å². The minimum absolute atomic E-state index is 0.387. The quantitative estimate of drug-likeness (QED) is 0.221. The largest absolute Gasteiger partial charge is 0.367 e. The molecule has 0 amide bonds. The van der Waals surface area contributed by atoms with Gasteiger partial charge in [0, 0.05) is 40.6 Å². The summed E-state index contributed by atoms with van der Waals surface area (Å²) < 4.78 is 2.20. The van der Waals surface area contributed by atoms with Crippen molar-refractivity contribution < 1.29 is 0 Å². The van der Waals surface area contributed by atoms with E-state index in [0.717, 1.165) is 64.7 Å². The maximum Gasteiger partial charge on any atom is 0.246 e. The molecule has 6 rings (SSSR count). The number of hydrogen-bond donors (Lipinski definition) is 2. The van der Waals surface area contributed by atoms with E-state index in [1.807, 2.05) is 60.8 Å². The van der Waals surface area contributed by atoms with Crippen LogP contribution < -0.4 is 10.7 Å². The first-order valence-electron chi connectivity index (χ1n) is 13.2. The summed E-state index contributed by atoms with van der Waals surface area (Å²) in [5.74, 6) is 1.30. The number of para-hydroxylation sites is 2. The highest BCUT2D eigenvalue weighted by molar-refractivity contribution is 5.99. The van der Waals surface area contributed by atoms with Gasteiger partial charge in [-0.25, -0.2) is 10.4 Å². The van der Waals surface area contributed by atoms with Crippen molar-refractivity contribution in [3.63, 3.8) is 0 Å². The van der Waals surface area contributed by atoms with Crippen LogP contribution >= 0.6 is 0 Å². The lowest BCUT2D eigenvalue weighted by molar-refractivity contribution is 0.264. The number of hydrogen-bond acceptors (Lipinski definition) is 7. The average molecular weight is 515 g/mol. The molecule has 3 aromatic carbocycles. The molecule has 3 heterocycles. The molecule has 0 aliphatic carbocycles. The predicted octanol–water partition coefficient (Wildman–Crippen LogP) is 5.46. The zero-order valence-corrected chi connectivity index (χ0v) is 21.9. The molecule has 0 bridgehead atoms. The number of likely N-dealkylation sites (tertiary alicyclic amines) is 1. The van der Waals surface area contributed by atoms with Crippen LogP contribution in [0.25, 0.3) is 21.8 Å². The lowest BCUT2D eigenvalue weighted by atomic mass is 10.1. The van der Waals surface area contributed by atoms with Crippen molar-refractivity contribution in [2.24, 2.45) is 5.10 Å². The summed E-state index contributed by atoms with van der Waals surface area (Å²) in [6, 6.07) is 26.6. The fourth-order valence-electron chi connectivity index (χ4n) is 5.13. The first kappa shape index (κ1) is 24.6. The molecule has 1 saturated heterocycles. The summed E-state index contributed by atoms with van der Waals surface area (Å²) in [7, 11) is 2.17. The van der Waals surface area contributed by atoms with Crippen molar-refractivity contribution >= 4 is 39.8 Å². The summed E-state index contributed by atoms with van der Waals surface area (Å²) in [6.45, 7) is 2.86. The van der Waals surface area contributed by atoms with Gasteiger partial charge < -0.3 is 14.8 Å². The third-order valence-electron chi connectivity index (χ3n) is 7.29. The lowest BCUT2D eigenvalue weighted by Gasteiger charge is -2.30. The van der Waals surface area contributed by atoms with Gasteiger partial charge >= 0.3 is 0 Å². The third-order valence-corrected chi connectivity index (χ3v) is 7.29. The Labute approximate surface area is 227 Å². The van der Waals surface area contributed by atoms with Crippen LogP contribution in [0.4, 0.5) is 11.8 Å². The molecule has 8 nitrogen and oxygen atoms in total. The minimum atomic E-state index is 0.387. The fourth-order valence-corrected chi connectivity index (χ4v) is 5.13. The monoisotopic (exact) mass is 514 g/mol. The molecular weight excluding hydrogens is 484 g/mol. The van der Waals surface area contributed by atoms with Gasteiger partial charge in [-0.15, -0.1) is 0 Å². The summed E-state index contributed by atoms with van der Waals surface area (Å²) in [5, 5.41) is 19.4. The number of aromatic nitrogens is 3. The molecule has 0 saturated carbocycles. The number of nitrogens with one attached hydrogen (secondary N) is 2. The van der Waals surface area contributed by atoms with Crippen LogP contribution in [0.1, 0.15) is 29.5 Å². The van der Waals surface area contributed by atoms with E-state index in [0.29, 0.717) is 24.1 Å². The number of anilines is 2. The second kappa shape index (κ2) is 10.9. The Kier molecular flexibility index (Phi) is 6.89. The Balaban J connectivity index is 1.24. The van der Waals surface area contributed by atoms with Crippen LogP contribution in [0.5, 0.6) is 0 Å². The molecule has 2 aromatic heterocycles. The van der Waals surface area contributed by atoms with E-state index in [9.17, 15) is 0 Å². The second-order valence-corrected chi connectivity index (χ2v) is 10.0. The van der Waals surface area contributed by atoms with Crippen LogP contribution in [0, 0.1) is 11.3 Å². The highest BCUT2D eigenvalue weighted by atomic mass is 15.4. The molecule has 1 aliphatic heterocycles. The Hall–Kier alpha value is -4.74. The Morgan fingerprint density at radius 1 is 0.974 bits per heavy atom. The van der Waals surface area contributed by atoms with Gasteiger partial charge in [-0.2, -0.15) is 15.3 Å². The van der Waals surface area contributed by atoms with E-state index >= 15 is 0 Å². The highest BCUT2D eigenvalue weighted by Crippen LogP contribution is 2.25. The zero-order valence-electron chi connectivity index (χ0n) is 21.9. The van der Waals surface area contributed by atoms with E-state index in [1.165, 1.54) is 0 Å². The van der Waals surface area contributed by atoms with Gasteiger partial charge in [0.05, 0.1) is 23.4 Å². The molecule has 8 heteroatoms. The normalized spacial score (nSPS) is 14.7. The summed E-state index contributed by atoms with van der Waals surface area (Å²) >= 11 is 0. The van der Waals surface area contributed by atoms with E-state index in [2.05, 4.69) is 62.8 Å². The van der Waals surface area contributed by atoms with Crippen molar-refractivity contribution in [3.8, 4) is 6.07 Å². The Morgan fingerprint density at radius 2 is 1.72 bits per heavy atom. The van der Waals surface area contributed by atoms with Gasteiger partial charge in [-0.3, -0.25) is 0 Å². The number of hydrazone groups is 1. The highest BCUT2D eigenvalue weighted by Gasteiger charge is 2.18. The van der Waals surface area contributed by atoms with Crippen molar-refractivity contribution in [1.82, 2.24) is 19.4 Å². The van der Waals surface area contributed by atoms with Gasteiger partial charge in [-0.1, -0.05) is 42.5 Å². The summed E-state index contributed by atoms with van der Waals surface area (Å²) in [4.78, 5) is 11.9. The first-order chi connectivity index (χ1) is 19.2. The molecular formula is C31H30N8. The van der Waals surface area contributed by atoms with E-state index in [-0.39, 0.29) is 0 Å². The van der Waals surface area contributed by atoms with E-state index in [4.69, 9.17) is 15.2 Å². The molecule has 5 aromatic rings. The second-order valence-electron chi connectivity index (χ2n) is 10.0. The number of rotatable bonds is 7. The molecule has 1 aliphatic rings. The number of benzene rings is 3. The molecule has 0 unspecified atom stereocenters. The van der Waals surface area contributed by atoms with Gasteiger partial charge in [-0.05, 0) is 68.9 Å².